The van der Waals surface area contributed by atoms with Gasteiger partial charge in [0, 0.05) is 24.5 Å². The predicted molar refractivity (Wildman–Crippen MR) is 90.3 cm³/mol. The summed E-state index contributed by atoms with van der Waals surface area (Å²) in [5, 5.41) is 3.73. The Morgan fingerprint density at radius 1 is 1.29 bits per heavy atom. The van der Waals surface area contributed by atoms with Gasteiger partial charge in [0.15, 0.2) is 12.0 Å². The number of amides is 1. The fraction of sp³-hybridized carbons (Fsp3) is 0.579. The molecule has 2 heterocycles. The summed E-state index contributed by atoms with van der Waals surface area (Å²) in [5.41, 5.74) is 2.85. The maximum Gasteiger partial charge on any atom is 0.226 e. The number of fused-ring (bicyclic) bond motifs is 1. The second-order valence-electron chi connectivity index (χ2n) is 7.66. The molecule has 5 heteroatoms. The van der Waals surface area contributed by atoms with E-state index in [9.17, 15) is 4.79 Å². The fourth-order valence-corrected chi connectivity index (χ4v) is 4.16. The number of carbonyl (C=O) groups is 1. The van der Waals surface area contributed by atoms with E-state index in [4.69, 9.17) is 4.42 Å². The number of hydrogen-bond donors (Lipinski definition) is 1. The Kier molecular flexibility index (Phi) is 3.20. The van der Waals surface area contributed by atoms with Crippen LogP contribution >= 0.6 is 0 Å². The summed E-state index contributed by atoms with van der Waals surface area (Å²) >= 11 is 0. The molecule has 2 aliphatic carbocycles. The smallest absolute Gasteiger partial charge is 0.226 e. The minimum absolute atomic E-state index is 0.101. The lowest BCUT2D eigenvalue weighted by molar-refractivity contribution is -0.140. The lowest BCUT2D eigenvalue weighted by Gasteiger charge is -2.46. The highest BCUT2D eigenvalue weighted by molar-refractivity contribution is 5.82. The van der Waals surface area contributed by atoms with Crippen molar-refractivity contribution in [3.05, 3.63) is 30.2 Å². The molecule has 2 saturated carbocycles. The lowest BCUT2D eigenvalue weighted by Crippen LogP contribution is -2.60. The predicted octanol–water partition coefficient (Wildman–Crippen LogP) is 2.88. The summed E-state index contributed by atoms with van der Waals surface area (Å²) in [4.78, 5) is 19.4. The zero-order chi connectivity index (χ0) is 16.3. The Morgan fingerprint density at radius 3 is 2.88 bits per heavy atom. The minimum atomic E-state index is 0.101. The van der Waals surface area contributed by atoms with Gasteiger partial charge in [0.1, 0.15) is 5.52 Å². The average Bonchev–Trinajstić information content (AvgIpc) is 3.50. The normalized spacial score (nSPS) is 30.7. The standard InChI is InChI=1S/C19H23N3O2/c1-11-9-20-17(12-2-3-12)18(22(11)19(23)13-4-5-13)14-6-7-15-16(8-14)24-10-21-15/h6-8,10-13,17-18,20H,2-5,9H2,1H3. The molecule has 3 fully saturated rings. The number of piperazine rings is 1. The zero-order valence-electron chi connectivity index (χ0n) is 13.9. The first-order chi connectivity index (χ1) is 11.7. The summed E-state index contributed by atoms with van der Waals surface area (Å²) in [6.45, 7) is 3.05. The molecule has 1 aliphatic heterocycles. The average molecular weight is 325 g/mol. The number of nitrogens with zero attached hydrogens (tertiary/aromatic N) is 2. The molecule has 3 atom stereocenters. The SMILES string of the molecule is CC1CNC(C2CC2)C(c2ccc3ncoc3c2)N1C(=O)C1CC1. The van der Waals surface area contributed by atoms with Crippen molar-refractivity contribution < 1.29 is 9.21 Å². The Hall–Kier alpha value is -1.88. The quantitative estimate of drug-likeness (QED) is 0.943. The fourth-order valence-electron chi connectivity index (χ4n) is 4.16. The first-order valence-electron chi connectivity index (χ1n) is 9.11. The summed E-state index contributed by atoms with van der Waals surface area (Å²) in [5.74, 6) is 1.28. The van der Waals surface area contributed by atoms with Crippen LogP contribution in [0, 0.1) is 11.8 Å². The molecule has 1 saturated heterocycles. The van der Waals surface area contributed by atoms with Gasteiger partial charge >= 0.3 is 0 Å². The highest BCUT2D eigenvalue weighted by atomic mass is 16.3. The Bertz CT molecular complexity index is 778. The summed E-state index contributed by atoms with van der Waals surface area (Å²) in [6.07, 6.45) is 6.12. The van der Waals surface area contributed by atoms with E-state index in [1.165, 1.54) is 24.8 Å². The number of oxazole rings is 1. The second-order valence-corrected chi connectivity index (χ2v) is 7.66. The van der Waals surface area contributed by atoms with Crippen LogP contribution in [0.25, 0.3) is 11.1 Å². The first kappa shape index (κ1) is 14.5. The van der Waals surface area contributed by atoms with Crippen molar-refractivity contribution in [1.29, 1.82) is 0 Å². The van der Waals surface area contributed by atoms with Crippen LogP contribution in [0.4, 0.5) is 0 Å². The second kappa shape index (κ2) is 5.31. The molecular formula is C19H23N3O2. The zero-order valence-corrected chi connectivity index (χ0v) is 13.9. The molecule has 126 valence electrons. The molecule has 1 aromatic carbocycles. The van der Waals surface area contributed by atoms with Crippen molar-refractivity contribution in [3.63, 3.8) is 0 Å². The number of carbonyl (C=O) groups excluding carboxylic acids is 1. The molecule has 2 aromatic rings. The van der Waals surface area contributed by atoms with Crippen LogP contribution < -0.4 is 5.32 Å². The summed E-state index contributed by atoms with van der Waals surface area (Å²) in [6, 6.07) is 6.89. The maximum atomic E-state index is 13.0. The molecule has 5 nitrogen and oxygen atoms in total. The van der Waals surface area contributed by atoms with E-state index in [1.54, 1.807) is 0 Å². The van der Waals surface area contributed by atoms with E-state index in [1.807, 2.05) is 6.07 Å². The van der Waals surface area contributed by atoms with Crippen molar-refractivity contribution >= 4 is 17.0 Å². The molecule has 1 aromatic heterocycles. The molecule has 3 unspecified atom stereocenters. The van der Waals surface area contributed by atoms with Crippen LogP contribution in [-0.4, -0.2) is 34.4 Å². The highest BCUT2D eigenvalue weighted by Crippen LogP contribution is 2.45. The molecule has 1 N–H and O–H groups in total. The van der Waals surface area contributed by atoms with Crippen LogP contribution in [0.2, 0.25) is 0 Å². The number of aromatic nitrogens is 1. The summed E-state index contributed by atoms with van der Waals surface area (Å²) < 4.78 is 5.51. The number of nitrogens with one attached hydrogen (secondary N) is 1. The van der Waals surface area contributed by atoms with E-state index in [0.29, 0.717) is 17.9 Å². The molecule has 3 aliphatic rings. The van der Waals surface area contributed by atoms with E-state index in [-0.39, 0.29) is 18.0 Å². The number of rotatable bonds is 3. The third-order valence-corrected chi connectivity index (χ3v) is 5.77. The van der Waals surface area contributed by atoms with Crippen LogP contribution in [0.1, 0.15) is 44.2 Å². The maximum absolute atomic E-state index is 13.0. The van der Waals surface area contributed by atoms with Crippen molar-refractivity contribution in [2.75, 3.05) is 6.54 Å². The monoisotopic (exact) mass is 325 g/mol. The third kappa shape index (κ3) is 2.34. The highest BCUT2D eigenvalue weighted by Gasteiger charge is 2.48. The largest absolute Gasteiger partial charge is 0.443 e. The Labute approximate surface area is 141 Å². The van der Waals surface area contributed by atoms with Crippen molar-refractivity contribution in [2.45, 2.75) is 50.7 Å². The van der Waals surface area contributed by atoms with Crippen LogP contribution in [0.15, 0.2) is 29.0 Å². The minimum Gasteiger partial charge on any atom is -0.443 e. The van der Waals surface area contributed by atoms with Gasteiger partial charge in [0.25, 0.3) is 0 Å². The molecule has 24 heavy (non-hydrogen) atoms. The molecule has 0 spiro atoms. The van der Waals surface area contributed by atoms with Crippen LogP contribution in [0.5, 0.6) is 0 Å². The van der Waals surface area contributed by atoms with E-state index in [2.05, 4.69) is 34.3 Å². The van der Waals surface area contributed by atoms with Gasteiger partial charge in [-0.2, -0.15) is 0 Å². The Balaban J connectivity index is 1.58. The topological polar surface area (TPSA) is 58.4 Å². The molecule has 0 radical (unpaired) electrons. The van der Waals surface area contributed by atoms with E-state index >= 15 is 0 Å². The van der Waals surface area contributed by atoms with E-state index in [0.717, 1.165) is 30.5 Å². The molecular weight excluding hydrogens is 302 g/mol. The van der Waals surface area contributed by atoms with Crippen molar-refractivity contribution in [2.24, 2.45) is 11.8 Å². The van der Waals surface area contributed by atoms with Gasteiger partial charge in [-0.1, -0.05) is 6.07 Å². The van der Waals surface area contributed by atoms with Gasteiger partial charge in [-0.3, -0.25) is 4.79 Å². The van der Waals surface area contributed by atoms with Gasteiger partial charge in [-0.05, 0) is 56.2 Å². The van der Waals surface area contributed by atoms with Gasteiger partial charge < -0.3 is 14.6 Å². The molecule has 0 bridgehead atoms. The molecule has 1 amide bonds. The number of hydrogen-bond acceptors (Lipinski definition) is 4. The number of benzene rings is 1. The molecule has 5 rings (SSSR count). The van der Waals surface area contributed by atoms with Crippen molar-refractivity contribution in [3.8, 4) is 0 Å². The third-order valence-electron chi connectivity index (χ3n) is 5.77. The van der Waals surface area contributed by atoms with Gasteiger partial charge in [-0.15, -0.1) is 0 Å². The Morgan fingerprint density at radius 2 is 2.12 bits per heavy atom. The van der Waals surface area contributed by atoms with Gasteiger partial charge in [0.2, 0.25) is 5.91 Å². The van der Waals surface area contributed by atoms with Gasteiger partial charge in [0.05, 0.1) is 6.04 Å². The van der Waals surface area contributed by atoms with Crippen LogP contribution in [0.3, 0.4) is 0 Å². The van der Waals surface area contributed by atoms with Crippen LogP contribution in [-0.2, 0) is 4.79 Å². The lowest BCUT2D eigenvalue weighted by atomic mass is 9.89. The van der Waals surface area contributed by atoms with E-state index < -0.39 is 0 Å². The van der Waals surface area contributed by atoms with Crippen molar-refractivity contribution in [1.82, 2.24) is 15.2 Å². The van der Waals surface area contributed by atoms with Gasteiger partial charge in [-0.25, -0.2) is 4.98 Å². The first-order valence-corrected chi connectivity index (χ1v) is 9.11. The summed E-state index contributed by atoms with van der Waals surface area (Å²) in [7, 11) is 0.